The van der Waals surface area contributed by atoms with Crippen LogP contribution in [0.15, 0.2) is 0 Å². The number of likely N-dealkylation sites (N-methyl/N-ethyl adjacent to an activating group) is 1. The van der Waals surface area contributed by atoms with Gasteiger partial charge in [-0.1, -0.05) is 0 Å². The number of hydrazine groups is 1. The fraction of sp³-hybridized carbons (Fsp3) is 0.667. The molecule has 0 aromatic rings. The Morgan fingerprint density at radius 1 is 1.33 bits per heavy atom. The molecule has 0 fully saturated rings. The van der Waals surface area contributed by atoms with Crippen LogP contribution in [0, 0.1) is 0 Å². The van der Waals surface area contributed by atoms with Crippen molar-refractivity contribution >= 4 is 11.8 Å². The van der Waals surface area contributed by atoms with Gasteiger partial charge in [-0.2, -0.15) is 0 Å². The lowest BCUT2D eigenvalue weighted by atomic mass is 10.6. The summed E-state index contributed by atoms with van der Waals surface area (Å²) in [5.74, 6) is 4.06. The first-order valence-corrected chi connectivity index (χ1v) is 3.54. The molecule has 0 rings (SSSR count). The average Bonchev–Trinajstić information content (AvgIpc) is 2.04. The minimum Gasteiger partial charge on any atom is -0.362 e. The molecule has 0 saturated heterocycles. The number of nitrogens with one attached hydrogen (secondary N) is 2. The largest absolute Gasteiger partial charge is 0.362 e. The van der Waals surface area contributed by atoms with E-state index in [1.807, 2.05) is 5.43 Å². The quantitative estimate of drug-likeness (QED) is 0.259. The summed E-state index contributed by atoms with van der Waals surface area (Å²) >= 11 is 0. The zero-order valence-corrected chi connectivity index (χ0v) is 6.92. The normalized spacial score (nSPS) is 9.17. The maximum atomic E-state index is 10.7. The molecule has 0 bridgehead atoms. The van der Waals surface area contributed by atoms with Gasteiger partial charge < -0.3 is 10.1 Å². The molecule has 0 aromatic heterocycles. The lowest BCUT2D eigenvalue weighted by molar-refractivity contribution is -0.130. The van der Waals surface area contributed by atoms with Crippen molar-refractivity contribution in [1.29, 1.82) is 0 Å². The Morgan fingerprint density at radius 3 is 2.42 bits per heavy atom. The van der Waals surface area contributed by atoms with E-state index in [1.165, 1.54) is 0 Å². The maximum Gasteiger partial charge on any atom is 0.259 e. The maximum absolute atomic E-state index is 10.7. The monoisotopic (exact) mass is 175 g/mol. The lowest BCUT2D eigenvalue weighted by Crippen LogP contribution is -2.35. The van der Waals surface area contributed by atoms with E-state index >= 15 is 0 Å². The van der Waals surface area contributed by atoms with Crippen LogP contribution in [-0.2, 0) is 14.3 Å². The van der Waals surface area contributed by atoms with Crippen LogP contribution in [0.5, 0.6) is 0 Å². The van der Waals surface area contributed by atoms with Crippen molar-refractivity contribution in [3.05, 3.63) is 0 Å². The second kappa shape index (κ2) is 6.56. The van der Waals surface area contributed by atoms with Crippen molar-refractivity contribution in [2.75, 3.05) is 19.8 Å². The molecule has 2 amide bonds. The Kier molecular flexibility index (Phi) is 5.94. The van der Waals surface area contributed by atoms with Crippen molar-refractivity contribution in [3.63, 3.8) is 0 Å². The van der Waals surface area contributed by atoms with Gasteiger partial charge in [-0.3, -0.25) is 15.0 Å². The Balaban J connectivity index is 3.30. The molecule has 0 heterocycles. The first-order valence-electron chi connectivity index (χ1n) is 3.54. The van der Waals surface area contributed by atoms with Crippen LogP contribution in [-0.4, -0.2) is 31.6 Å². The van der Waals surface area contributed by atoms with Crippen LogP contribution in [0.3, 0.4) is 0 Å². The van der Waals surface area contributed by atoms with E-state index in [0.29, 0.717) is 6.54 Å². The van der Waals surface area contributed by atoms with Crippen molar-refractivity contribution in [2.24, 2.45) is 5.84 Å². The minimum atomic E-state index is -0.459. The summed E-state index contributed by atoms with van der Waals surface area (Å²) in [5, 5.41) is 2.51. The fourth-order valence-electron chi connectivity index (χ4n) is 0.526. The third kappa shape index (κ3) is 5.63. The molecule has 0 saturated carbocycles. The first-order chi connectivity index (χ1) is 5.70. The molecule has 0 unspecified atom stereocenters. The highest BCUT2D eigenvalue weighted by Gasteiger charge is 2.01. The van der Waals surface area contributed by atoms with Gasteiger partial charge >= 0.3 is 0 Å². The van der Waals surface area contributed by atoms with Gasteiger partial charge in [0, 0.05) is 6.54 Å². The third-order valence-corrected chi connectivity index (χ3v) is 1.00. The predicted octanol–water partition coefficient (Wildman–Crippen LogP) is -1.87. The van der Waals surface area contributed by atoms with Gasteiger partial charge in [0.1, 0.15) is 13.2 Å². The average molecular weight is 175 g/mol. The van der Waals surface area contributed by atoms with Gasteiger partial charge in [-0.25, -0.2) is 5.84 Å². The Bertz CT molecular complexity index is 160. The van der Waals surface area contributed by atoms with E-state index < -0.39 is 5.91 Å². The summed E-state index contributed by atoms with van der Waals surface area (Å²) in [7, 11) is 0. The number of hydrogen-bond acceptors (Lipinski definition) is 4. The molecule has 6 nitrogen and oxygen atoms in total. The second-order valence-electron chi connectivity index (χ2n) is 2.01. The van der Waals surface area contributed by atoms with Gasteiger partial charge in [0.25, 0.3) is 5.91 Å². The van der Waals surface area contributed by atoms with Crippen LogP contribution < -0.4 is 16.6 Å². The summed E-state index contributed by atoms with van der Waals surface area (Å²) in [5.41, 5.74) is 1.88. The predicted molar refractivity (Wildman–Crippen MR) is 41.8 cm³/mol. The van der Waals surface area contributed by atoms with Gasteiger partial charge in [-0.15, -0.1) is 0 Å². The number of ether oxygens (including phenoxy) is 1. The Hall–Kier alpha value is -1.14. The van der Waals surface area contributed by atoms with Crippen LogP contribution in [0.4, 0.5) is 0 Å². The third-order valence-electron chi connectivity index (χ3n) is 1.00. The summed E-state index contributed by atoms with van der Waals surface area (Å²) in [6.45, 7) is 2.02. The lowest BCUT2D eigenvalue weighted by Gasteiger charge is -2.02. The van der Waals surface area contributed by atoms with Gasteiger partial charge in [0.05, 0.1) is 0 Å². The minimum absolute atomic E-state index is 0.124. The second-order valence-corrected chi connectivity index (χ2v) is 2.01. The molecular formula is C6H13N3O3. The van der Waals surface area contributed by atoms with Crippen molar-refractivity contribution in [1.82, 2.24) is 10.7 Å². The van der Waals surface area contributed by atoms with Crippen molar-refractivity contribution < 1.29 is 14.3 Å². The summed E-state index contributed by atoms with van der Waals surface area (Å²) in [6.07, 6.45) is 0. The van der Waals surface area contributed by atoms with Gasteiger partial charge in [0.2, 0.25) is 5.91 Å². The highest BCUT2D eigenvalue weighted by Crippen LogP contribution is 1.74. The van der Waals surface area contributed by atoms with E-state index in [4.69, 9.17) is 10.6 Å². The standard InChI is InChI=1S/C6H13N3O3/c1-2-8-5(10)3-12-4-6(11)9-7/h2-4,7H2,1H3,(H,8,10)(H,9,11). The highest BCUT2D eigenvalue weighted by molar-refractivity contribution is 5.79. The summed E-state index contributed by atoms with van der Waals surface area (Å²) in [4.78, 5) is 21.2. The SMILES string of the molecule is CCNC(=O)COCC(=O)NN. The number of carbonyl (C=O) groups is 2. The van der Waals surface area contributed by atoms with Gasteiger partial charge in [0.15, 0.2) is 0 Å². The molecule has 0 radical (unpaired) electrons. The molecule has 0 aromatic carbocycles. The van der Waals surface area contributed by atoms with E-state index in [-0.39, 0.29) is 19.1 Å². The van der Waals surface area contributed by atoms with E-state index in [2.05, 4.69) is 5.32 Å². The smallest absolute Gasteiger partial charge is 0.259 e. The van der Waals surface area contributed by atoms with E-state index in [1.54, 1.807) is 6.92 Å². The molecule has 0 aliphatic carbocycles. The van der Waals surface area contributed by atoms with Crippen LogP contribution in [0.1, 0.15) is 6.92 Å². The zero-order chi connectivity index (χ0) is 9.40. The number of carbonyl (C=O) groups excluding carboxylic acids is 2. The molecule has 0 aliphatic rings. The summed E-state index contributed by atoms with van der Waals surface area (Å²) < 4.78 is 4.70. The number of amides is 2. The zero-order valence-electron chi connectivity index (χ0n) is 6.92. The van der Waals surface area contributed by atoms with Crippen molar-refractivity contribution in [3.8, 4) is 0 Å². The van der Waals surface area contributed by atoms with Crippen LogP contribution >= 0.6 is 0 Å². The van der Waals surface area contributed by atoms with Crippen molar-refractivity contribution in [2.45, 2.75) is 6.92 Å². The Labute approximate surface area is 70.4 Å². The molecule has 4 N–H and O–H groups in total. The van der Waals surface area contributed by atoms with Crippen LogP contribution in [0.25, 0.3) is 0 Å². The summed E-state index contributed by atoms with van der Waals surface area (Å²) in [6, 6.07) is 0. The fourth-order valence-corrected chi connectivity index (χ4v) is 0.526. The molecule has 70 valence electrons. The van der Waals surface area contributed by atoms with Crippen LogP contribution in [0.2, 0.25) is 0 Å². The number of nitrogens with two attached hydrogens (primary N) is 1. The molecular weight excluding hydrogens is 162 g/mol. The van der Waals surface area contributed by atoms with E-state index in [0.717, 1.165) is 0 Å². The van der Waals surface area contributed by atoms with Gasteiger partial charge in [-0.05, 0) is 6.92 Å². The molecule has 0 atom stereocenters. The molecule has 0 spiro atoms. The highest BCUT2D eigenvalue weighted by atomic mass is 16.5. The van der Waals surface area contributed by atoms with E-state index in [9.17, 15) is 9.59 Å². The first kappa shape index (κ1) is 10.9. The molecule has 12 heavy (non-hydrogen) atoms. The molecule has 0 aliphatic heterocycles. The number of rotatable bonds is 5. The molecule has 6 heteroatoms. The Morgan fingerprint density at radius 2 is 1.92 bits per heavy atom. The number of hydrogen-bond donors (Lipinski definition) is 3. The topological polar surface area (TPSA) is 93.4 Å².